The molecule has 0 radical (unpaired) electrons. The molecular formula is C13H17N3O4S. The highest BCUT2D eigenvalue weighted by molar-refractivity contribution is 7.10. The van der Waals surface area contributed by atoms with Crippen LogP contribution in [0, 0.1) is 0 Å². The van der Waals surface area contributed by atoms with Crippen LogP contribution in [0.4, 0.5) is 0 Å². The van der Waals surface area contributed by atoms with E-state index >= 15 is 0 Å². The van der Waals surface area contributed by atoms with Crippen LogP contribution >= 0.6 is 11.3 Å². The van der Waals surface area contributed by atoms with Crippen molar-refractivity contribution in [2.24, 2.45) is 0 Å². The molecule has 8 heteroatoms. The summed E-state index contributed by atoms with van der Waals surface area (Å²) in [5, 5.41) is 10.2. The second kappa shape index (κ2) is 7.19. The SMILES string of the molecule is COC(=O)CC(NC(=O)C1CNC(=O)CN1)c1cccs1. The summed E-state index contributed by atoms with van der Waals surface area (Å²) in [5.41, 5.74) is 0. The molecule has 0 aliphatic carbocycles. The van der Waals surface area contributed by atoms with Gasteiger partial charge in [0.05, 0.1) is 26.1 Å². The molecule has 2 heterocycles. The van der Waals surface area contributed by atoms with Gasteiger partial charge >= 0.3 is 5.97 Å². The van der Waals surface area contributed by atoms with Crippen molar-refractivity contribution in [2.75, 3.05) is 20.2 Å². The lowest BCUT2D eigenvalue weighted by atomic mass is 10.1. The first-order chi connectivity index (χ1) is 10.1. The Bertz CT molecular complexity index is 507. The Morgan fingerprint density at radius 3 is 2.95 bits per heavy atom. The fourth-order valence-corrected chi connectivity index (χ4v) is 2.76. The molecule has 1 aromatic heterocycles. The third-order valence-corrected chi connectivity index (χ3v) is 4.12. The van der Waals surface area contributed by atoms with E-state index in [1.807, 2.05) is 17.5 Å². The van der Waals surface area contributed by atoms with Crippen molar-refractivity contribution in [2.45, 2.75) is 18.5 Å². The topological polar surface area (TPSA) is 96.5 Å². The number of carbonyl (C=O) groups is 3. The highest BCUT2D eigenvalue weighted by Gasteiger charge is 2.27. The number of amides is 2. The second-order valence-electron chi connectivity index (χ2n) is 4.59. The van der Waals surface area contributed by atoms with E-state index in [9.17, 15) is 14.4 Å². The van der Waals surface area contributed by atoms with Gasteiger partial charge in [0, 0.05) is 11.4 Å². The van der Waals surface area contributed by atoms with Crippen LogP contribution < -0.4 is 16.0 Å². The Morgan fingerprint density at radius 1 is 1.57 bits per heavy atom. The molecule has 2 rings (SSSR count). The van der Waals surface area contributed by atoms with Crippen LogP contribution in [0.3, 0.4) is 0 Å². The van der Waals surface area contributed by atoms with Crippen molar-refractivity contribution in [3.8, 4) is 0 Å². The quantitative estimate of drug-likeness (QED) is 0.641. The molecule has 2 atom stereocenters. The van der Waals surface area contributed by atoms with E-state index in [0.717, 1.165) is 4.88 Å². The lowest BCUT2D eigenvalue weighted by molar-refractivity contribution is -0.141. The van der Waals surface area contributed by atoms with Gasteiger partial charge in [0.25, 0.3) is 0 Å². The summed E-state index contributed by atoms with van der Waals surface area (Å²) < 4.78 is 4.66. The van der Waals surface area contributed by atoms with Crippen LogP contribution in [0.5, 0.6) is 0 Å². The second-order valence-corrected chi connectivity index (χ2v) is 5.57. The van der Waals surface area contributed by atoms with E-state index in [2.05, 4.69) is 20.7 Å². The zero-order valence-electron chi connectivity index (χ0n) is 11.5. The number of rotatable bonds is 5. The van der Waals surface area contributed by atoms with Gasteiger partial charge in [-0.05, 0) is 11.4 Å². The molecule has 2 unspecified atom stereocenters. The van der Waals surface area contributed by atoms with Crippen molar-refractivity contribution in [3.63, 3.8) is 0 Å². The van der Waals surface area contributed by atoms with Crippen LogP contribution in [0.25, 0.3) is 0 Å². The van der Waals surface area contributed by atoms with E-state index < -0.39 is 18.1 Å². The maximum atomic E-state index is 12.2. The summed E-state index contributed by atoms with van der Waals surface area (Å²) in [4.78, 5) is 35.6. The molecule has 0 spiro atoms. The molecule has 0 aromatic carbocycles. The number of carbonyl (C=O) groups excluding carboxylic acids is 3. The van der Waals surface area contributed by atoms with Gasteiger partial charge in [-0.3, -0.25) is 19.7 Å². The highest BCUT2D eigenvalue weighted by Crippen LogP contribution is 2.22. The fourth-order valence-electron chi connectivity index (χ4n) is 1.99. The first-order valence-corrected chi connectivity index (χ1v) is 7.38. The van der Waals surface area contributed by atoms with Gasteiger partial charge < -0.3 is 15.4 Å². The summed E-state index contributed by atoms with van der Waals surface area (Å²) in [5.74, 6) is -0.778. The highest BCUT2D eigenvalue weighted by atomic mass is 32.1. The van der Waals surface area contributed by atoms with Gasteiger partial charge in [-0.1, -0.05) is 6.07 Å². The van der Waals surface area contributed by atoms with E-state index in [1.165, 1.54) is 18.4 Å². The van der Waals surface area contributed by atoms with Gasteiger partial charge in [-0.2, -0.15) is 0 Å². The average molecular weight is 311 g/mol. The van der Waals surface area contributed by atoms with Crippen molar-refractivity contribution < 1.29 is 19.1 Å². The average Bonchev–Trinajstić information content (AvgIpc) is 3.01. The molecule has 1 fully saturated rings. The zero-order valence-corrected chi connectivity index (χ0v) is 12.4. The summed E-state index contributed by atoms with van der Waals surface area (Å²) in [7, 11) is 1.31. The van der Waals surface area contributed by atoms with Crippen molar-refractivity contribution in [1.82, 2.24) is 16.0 Å². The van der Waals surface area contributed by atoms with E-state index in [0.29, 0.717) is 0 Å². The Kier molecular flexibility index (Phi) is 5.29. The van der Waals surface area contributed by atoms with Crippen LogP contribution in [-0.4, -0.2) is 44.0 Å². The molecule has 3 N–H and O–H groups in total. The standard InChI is InChI=1S/C13H17N3O4S/c1-20-12(18)5-8(10-3-2-4-21-10)16-13(19)9-6-15-11(17)7-14-9/h2-4,8-9,14H,5-7H2,1H3,(H,15,17)(H,16,19). The fraction of sp³-hybridized carbons (Fsp3) is 0.462. The Hall–Kier alpha value is -1.93. The van der Waals surface area contributed by atoms with Crippen molar-refractivity contribution >= 4 is 29.1 Å². The van der Waals surface area contributed by atoms with Gasteiger partial charge in [0.1, 0.15) is 6.04 Å². The molecule has 1 aliphatic heterocycles. The predicted octanol–water partition coefficient (Wildman–Crippen LogP) is -0.443. The van der Waals surface area contributed by atoms with Gasteiger partial charge in [0.2, 0.25) is 11.8 Å². The van der Waals surface area contributed by atoms with E-state index in [1.54, 1.807) is 0 Å². The third-order valence-electron chi connectivity index (χ3n) is 3.13. The number of hydrogen-bond acceptors (Lipinski definition) is 6. The summed E-state index contributed by atoms with van der Waals surface area (Å²) in [6.45, 7) is 0.346. The Balaban J connectivity index is 1.99. The third kappa shape index (κ3) is 4.27. The Labute approximate surface area is 126 Å². The van der Waals surface area contributed by atoms with Gasteiger partial charge in [-0.15, -0.1) is 11.3 Å². The largest absolute Gasteiger partial charge is 0.469 e. The molecule has 0 saturated carbocycles. The monoisotopic (exact) mass is 311 g/mol. The molecule has 7 nitrogen and oxygen atoms in total. The number of nitrogens with one attached hydrogen (secondary N) is 3. The summed E-state index contributed by atoms with van der Waals surface area (Å²) in [6, 6.07) is 2.79. The first kappa shape index (κ1) is 15.5. The van der Waals surface area contributed by atoms with E-state index in [4.69, 9.17) is 0 Å². The molecule has 1 aromatic rings. The number of methoxy groups -OCH3 is 1. The molecule has 114 valence electrons. The maximum absolute atomic E-state index is 12.2. The molecule has 1 saturated heterocycles. The first-order valence-electron chi connectivity index (χ1n) is 6.51. The van der Waals surface area contributed by atoms with Crippen LogP contribution in [0.2, 0.25) is 0 Å². The van der Waals surface area contributed by atoms with Gasteiger partial charge in [0.15, 0.2) is 0 Å². The smallest absolute Gasteiger partial charge is 0.307 e. The molecule has 2 amide bonds. The number of ether oxygens (including phenoxy) is 1. The number of piperazine rings is 1. The van der Waals surface area contributed by atoms with Crippen LogP contribution in [0.1, 0.15) is 17.3 Å². The number of esters is 1. The van der Waals surface area contributed by atoms with Gasteiger partial charge in [-0.25, -0.2) is 0 Å². The van der Waals surface area contributed by atoms with Crippen molar-refractivity contribution in [1.29, 1.82) is 0 Å². The maximum Gasteiger partial charge on any atom is 0.307 e. The zero-order chi connectivity index (χ0) is 15.2. The summed E-state index contributed by atoms with van der Waals surface area (Å²) >= 11 is 1.46. The molecule has 21 heavy (non-hydrogen) atoms. The number of hydrogen-bond donors (Lipinski definition) is 3. The lowest BCUT2D eigenvalue weighted by Crippen LogP contribution is -2.58. The summed E-state index contributed by atoms with van der Waals surface area (Å²) in [6.07, 6.45) is 0.0713. The number of thiophene rings is 1. The lowest BCUT2D eigenvalue weighted by Gasteiger charge is -2.25. The molecule has 1 aliphatic rings. The predicted molar refractivity (Wildman–Crippen MR) is 76.6 cm³/mol. The normalized spacial score (nSPS) is 19.5. The minimum atomic E-state index is -0.497. The molecular weight excluding hydrogens is 294 g/mol. The van der Waals surface area contributed by atoms with Crippen LogP contribution in [0.15, 0.2) is 17.5 Å². The minimum absolute atomic E-state index is 0.0713. The van der Waals surface area contributed by atoms with Crippen molar-refractivity contribution in [3.05, 3.63) is 22.4 Å². The van der Waals surface area contributed by atoms with E-state index in [-0.39, 0.29) is 31.3 Å². The molecule has 0 bridgehead atoms. The Morgan fingerprint density at radius 2 is 2.38 bits per heavy atom. The minimum Gasteiger partial charge on any atom is -0.469 e. The van der Waals surface area contributed by atoms with Crippen LogP contribution in [-0.2, 0) is 19.1 Å².